The van der Waals surface area contributed by atoms with Gasteiger partial charge in [0.2, 0.25) is 5.91 Å². The highest BCUT2D eigenvalue weighted by atomic mass is 16.5. The van der Waals surface area contributed by atoms with E-state index in [1.54, 1.807) is 0 Å². The second-order valence-electron chi connectivity index (χ2n) is 5.78. The molecule has 2 heterocycles. The van der Waals surface area contributed by atoms with E-state index in [-0.39, 0.29) is 11.8 Å². The summed E-state index contributed by atoms with van der Waals surface area (Å²) < 4.78 is 5.32. The number of aryl methyl sites for hydroxylation is 2. The van der Waals surface area contributed by atoms with Gasteiger partial charge in [0.1, 0.15) is 0 Å². The van der Waals surface area contributed by atoms with Crippen LogP contribution in [0.2, 0.25) is 0 Å². The Labute approximate surface area is 126 Å². The molecule has 5 heteroatoms. The quantitative estimate of drug-likeness (QED) is 0.888. The van der Waals surface area contributed by atoms with Gasteiger partial charge in [0.25, 0.3) is 0 Å². The van der Waals surface area contributed by atoms with Gasteiger partial charge in [-0.2, -0.15) is 0 Å². The van der Waals surface area contributed by atoms with Crippen molar-refractivity contribution in [2.45, 2.75) is 27.3 Å². The summed E-state index contributed by atoms with van der Waals surface area (Å²) in [6.07, 6.45) is 1.83. The molecule has 0 spiro atoms. The molecule has 1 amide bonds. The van der Waals surface area contributed by atoms with Crippen LogP contribution in [0.5, 0.6) is 0 Å². The van der Waals surface area contributed by atoms with E-state index in [4.69, 9.17) is 4.74 Å². The molecule has 116 valence electrons. The lowest BCUT2D eigenvalue weighted by atomic mass is 10.1. The SMILES string of the molecule is Cc1cc(CNC(=O)[C@H](C)CN2CCOCC2)cnc1C. The molecule has 1 fully saturated rings. The third-order valence-corrected chi connectivity index (χ3v) is 3.95. The zero-order chi connectivity index (χ0) is 15.2. The van der Waals surface area contributed by atoms with E-state index in [0.717, 1.165) is 49.7 Å². The number of hydrogen-bond donors (Lipinski definition) is 1. The first-order valence-electron chi connectivity index (χ1n) is 7.56. The molecule has 2 rings (SSSR count). The summed E-state index contributed by atoms with van der Waals surface area (Å²) in [6, 6.07) is 2.08. The number of hydrogen-bond acceptors (Lipinski definition) is 4. The minimum absolute atomic E-state index is 0.0115. The Morgan fingerprint density at radius 3 is 2.81 bits per heavy atom. The summed E-state index contributed by atoms with van der Waals surface area (Å²) in [7, 11) is 0. The standard InChI is InChI=1S/C16H25N3O2/c1-12-8-15(9-17-14(12)3)10-18-16(20)13(2)11-19-4-6-21-7-5-19/h8-9,13H,4-7,10-11H2,1-3H3,(H,18,20)/t13-/m1/s1. The summed E-state index contributed by atoms with van der Waals surface area (Å²) in [5.41, 5.74) is 3.24. The molecule has 0 radical (unpaired) electrons. The van der Waals surface area contributed by atoms with Crippen LogP contribution in [0.25, 0.3) is 0 Å². The van der Waals surface area contributed by atoms with Crippen LogP contribution in [0.1, 0.15) is 23.7 Å². The number of aromatic nitrogens is 1. The molecular weight excluding hydrogens is 266 g/mol. The van der Waals surface area contributed by atoms with Crippen molar-refractivity contribution in [3.63, 3.8) is 0 Å². The number of pyridine rings is 1. The molecule has 21 heavy (non-hydrogen) atoms. The number of carbonyl (C=O) groups excluding carboxylic acids is 1. The predicted molar refractivity (Wildman–Crippen MR) is 82.0 cm³/mol. The summed E-state index contributed by atoms with van der Waals surface area (Å²) in [6.45, 7) is 10.7. The molecule has 1 N–H and O–H groups in total. The van der Waals surface area contributed by atoms with E-state index in [1.165, 1.54) is 0 Å². The van der Waals surface area contributed by atoms with Crippen molar-refractivity contribution in [3.05, 3.63) is 29.1 Å². The minimum Gasteiger partial charge on any atom is -0.379 e. The molecule has 5 nitrogen and oxygen atoms in total. The number of rotatable bonds is 5. The number of amides is 1. The van der Waals surface area contributed by atoms with Crippen LogP contribution in [-0.4, -0.2) is 48.6 Å². The van der Waals surface area contributed by atoms with Gasteiger partial charge < -0.3 is 10.1 Å². The van der Waals surface area contributed by atoms with Crippen LogP contribution < -0.4 is 5.32 Å². The predicted octanol–water partition coefficient (Wildman–Crippen LogP) is 1.28. The van der Waals surface area contributed by atoms with Crippen LogP contribution in [0.15, 0.2) is 12.3 Å². The Morgan fingerprint density at radius 2 is 2.14 bits per heavy atom. The lowest BCUT2D eigenvalue weighted by molar-refractivity contribution is -0.125. The molecule has 1 aliphatic rings. The molecule has 1 aromatic heterocycles. The molecule has 0 aliphatic carbocycles. The zero-order valence-corrected chi connectivity index (χ0v) is 13.2. The Balaban J connectivity index is 1.78. The maximum absolute atomic E-state index is 12.2. The molecule has 1 saturated heterocycles. The van der Waals surface area contributed by atoms with E-state index in [9.17, 15) is 4.79 Å². The van der Waals surface area contributed by atoms with Gasteiger partial charge in [-0.05, 0) is 25.0 Å². The van der Waals surface area contributed by atoms with Gasteiger partial charge in [0.05, 0.1) is 13.2 Å². The number of ether oxygens (including phenoxy) is 1. The van der Waals surface area contributed by atoms with Crippen molar-refractivity contribution < 1.29 is 9.53 Å². The average molecular weight is 291 g/mol. The van der Waals surface area contributed by atoms with Gasteiger partial charge in [-0.25, -0.2) is 0 Å². The summed E-state index contributed by atoms with van der Waals surface area (Å²) in [5.74, 6) is 0.0855. The maximum atomic E-state index is 12.2. The van der Waals surface area contributed by atoms with Crippen LogP contribution in [0.4, 0.5) is 0 Å². The fourth-order valence-corrected chi connectivity index (χ4v) is 2.42. The maximum Gasteiger partial charge on any atom is 0.224 e. The third kappa shape index (κ3) is 4.79. The van der Waals surface area contributed by atoms with Crippen molar-refractivity contribution in [2.75, 3.05) is 32.8 Å². The van der Waals surface area contributed by atoms with Gasteiger partial charge in [-0.3, -0.25) is 14.7 Å². The lowest BCUT2D eigenvalue weighted by Crippen LogP contribution is -2.42. The Morgan fingerprint density at radius 1 is 1.43 bits per heavy atom. The fraction of sp³-hybridized carbons (Fsp3) is 0.625. The van der Waals surface area contributed by atoms with E-state index in [2.05, 4.69) is 21.3 Å². The minimum atomic E-state index is -0.0115. The number of morpholine rings is 1. The highest BCUT2D eigenvalue weighted by Crippen LogP contribution is 2.07. The van der Waals surface area contributed by atoms with Crippen LogP contribution in [-0.2, 0) is 16.1 Å². The third-order valence-electron chi connectivity index (χ3n) is 3.95. The topological polar surface area (TPSA) is 54.5 Å². The first-order chi connectivity index (χ1) is 10.1. The molecule has 1 aliphatic heterocycles. The highest BCUT2D eigenvalue weighted by Gasteiger charge is 2.18. The summed E-state index contributed by atoms with van der Waals surface area (Å²) in [5, 5.41) is 3.00. The number of carbonyl (C=O) groups is 1. The largest absolute Gasteiger partial charge is 0.379 e. The van der Waals surface area contributed by atoms with Crippen molar-refractivity contribution in [1.29, 1.82) is 0 Å². The summed E-state index contributed by atoms with van der Waals surface area (Å²) >= 11 is 0. The zero-order valence-electron chi connectivity index (χ0n) is 13.2. The van der Waals surface area contributed by atoms with Crippen LogP contribution in [0, 0.1) is 19.8 Å². The highest BCUT2D eigenvalue weighted by molar-refractivity contribution is 5.78. The molecule has 0 aromatic carbocycles. The smallest absolute Gasteiger partial charge is 0.224 e. The van der Waals surface area contributed by atoms with E-state index in [0.29, 0.717) is 6.54 Å². The monoisotopic (exact) mass is 291 g/mol. The van der Waals surface area contributed by atoms with E-state index >= 15 is 0 Å². The Kier molecular flexibility index (Phi) is 5.70. The second-order valence-corrected chi connectivity index (χ2v) is 5.78. The molecule has 0 bridgehead atoms. The fourth-order valence-electron chi connectivity index (χ4n) is 2.42. The lowest BCUT2D eigenvalue weighted by Gasteiger charge is -2.28. The van der Waals surface area contributed by atoms with Crippen molar-refractivity contribution in [1.82, 2.24) is 15.2 Å². The van der Waals surface area contributed by atoms with Gasteiger partial charge in [0.15, 0.2) is 0 Å². The first-order valence-corrected chi connectivity index (χ1v) is 7.56. The van der Waals surface area contributed by atoms with Crippen LogP contribution in [0.3, 0.4) is 0 Å². The van der Waals surface area contributed by atoms with E-state index < -0.39 is 0 Å². The molecule has 0 unspecified atom stereocenters. The first kappa shape index (κ1) is 15.9. The second kappa shape index (κ2) is 7.52. The van der Waals surface area contributed by atoms with E-state index in [1.807, 2.05) is 27.0 Å². The van der Waals surface area contributed by atoms with Gasteiger partial charge in [-0.1, -0.05) is 13.0 Å². The molecule has 0 saturated carbocycles. The van der Waals surface area contributed by atoms with Crippen LogP contribution >= 0.6 is 0 Å². The number of nitrogens with one attached hydrogen (secondary N) is 1. The molecular formula is C16H25N3O2. The van der Waals surface area contributed by atoms with Crippen molar-refractivity contribution >= 4 is 5.91 Å². The average Bonchev–Trinajstić information content (AvgIpc) is 2.49. The van der Waals surface area contributed by atoms with Gasteiger partial charge in [-0.15, -0.1) is 0 Å². The normalized spacial score (nSPS) is 17.5. The van der Waals surface area contributed by atoms with Gasteiger partial charge >= 0.3 is 0 Å². The number of nitrogens with zero attached hydrogens (tertiary/aromatic N) is 2. The van der Waals surface area contributed by atoms with Crippen molar-refractivity contribution in [3.8, 4) is 0 Å². The molecule has 1 aromatic rings. The van der Waals surface area contributed by atoms with Gasteiger partial charge in [0, 0.05) is 44.0 Å². The van der Waals surface area contributed by atoms with Crippen molar-refractivity contribution in [2.24, 2.45) is 5.92 Å². The Hall–Kier alpha value is -1.46. The molecule has 1 atom stereocenters. The summed E-state index contributed by atoms with van der Waals surface area (Å²) in [4.78, 5) is 18.8. The Bertz CT molecular complexity index is 484.